The molecular formula is C21H24N2O2. The largest absolute Gasteiger partial charge is 0.385 e. The third-order valence-electron chi connectivity index (χ3n) is 5.94. The van der Waals surface area contributed by atoms with Gasteiger partial charge in [-0.3, -0.25) is 9.78 Å². The number of aromatic nitrogens is 1. The molecule has 0 radical (unpaired) electrons. The number of hydrogen-bond acceptors (Lipinski definition) is 3. The molecule has 4 rings (SSSR count). The van der Waals surface area contributed by atoms with Gasteiger partial charge in [0, 0.05) is 36.5 Å². The van der Waals surface area contributed by atoms with Crippen molar-refractivity contribution in [3.8, 4) is 0 Å². The molecule has 1 N–H and O–H groups in total. The molecule has 0 spiro atoms. The molecule has 3 atom stereocenters. The van der Waals surface area contributed by atoms with Crippen LogP contribution >= 0.6 is 0 Å². The number of piperidine rings is 1. The van der Waals surface area contributed by atoms with Gasteiger partial charge in [0.25, 0.3) is 5.91 Å². The van der Waals surface area contributed by atoms with E-state index in [-0.39, 0.29) is 17.9 Å². The number of aliphatic hydroxyl groups is 1. The maximum absolute atomic E-state index is 13.0. The molecule has 4 nitrogen and oxygen atoms in total. The lowest BCUT2D eigenvalue weighted by atomic mass is 9.66. The summed E-state index contributed by atoms with van der Waals surface area (Å²) in [5, 5.41) is 11.6. The van der Waals surface area contributed by atoms with Crippen LogP contribution in [-0.4, -0.2) is 33.5 Å². The SMILES string of the molecule is O=C(c1ccncc1)N1CC[C@](O)(c2ccccc2)[C@H]2CCCC[C@H]21. The second kappa shape index (κ2) is 6.60. The lowest BCUT2D eigenvalue weighted by Gasteiger charge is -2.52. The zero-order valence-corrected chi connectivity index (χ0v) is 14.3. The summed E-state index contributed by atoms with van der Waals surface area (Å²) in [7, 11) is 0. The van der Waals surface area contributed by atoms with Crippen LogP contribution in [0.2, 0.25) is 0 Å². The summed E-state index contributed by atoms with van der Waals surface area (Å²) in [5.74, 6) is 0.164. The van der Waals surface area contributed by atoms with Crippen molar-refractivity contribution in [3.05, 3.63) is 66.0 Å². The van der Waals surface area contributed by atoms with Gasteiger partial charge in [0.15, 0.2) is 0 Å². The third kappa shape index (κ3) is 2.85. The highest BCUT2D eigenvalue weighted by molar-refractivity contribution is 5.94. The van der Waals surface area contributed by atoms with E-state index in [0.29, 0.717) is 18.5 Å². The van der Waals surface area contributed by atoms with Crippen LogP contribution in [0.4, 0.5) is 0 Å². The molecule has 1 aliphatic heterocycles. The standard InChI is InChI=1S/C21H24N2O2/c24-20(16-10-13-22-14-11-16)23-15-12-21(25,17-6-2-1-3-7-17)18-8-4-5-9-19(18)23/h1-3,6-7,10-11,13-14,18-19,25H,4-5,8-9,12,15H2/t18-,19+,21-/m0/s1. The van der Waals surface area contributed by atoms with E-state index in [2.05, 4.69) is 4.98 Å². The van der Waals surface area contributed by atoms with Crippen LogP contribution in [-0.2, 0) is 5.60 Å². The van der Waals surface area contributed by atoms with E-state index in [4.69, 9.17) is 0 Å². The summed E-state index contributed by atoms with van der Waals surface area (Å²) in [6.07, 6.45) is 8.09. The summed E-state index contributed by atoms with van der Waals surface area (Å²) in [5.41, 5.74) is 0.842. The summed E-state index contributed by atoms with van der Waals surface area (Å²) in [6, 6.07) is 13.6. The van der Waals surface area contributed by atoms with Crippen LogP contribution in [0.25, 0.3) is 0 Å². The highest BCUT2D eigenvalue weighted by atomic mass is 16.3. The van der Waals surface area contributed by atoms with Crippen LogP contribution in [0.3, 0.4) is 0 Å². The molecule has 2 aromatic rings. The van der Waals surface area contributed by atoms with Crippen molar-refractivity contribution in [3.63, 3.8) is 0 Å². The van der Waals surface area contributed by atoms with Crippen molar-refractivity contribution in [2.45, 2.75) is 43.7 Å². The zero-order valence-electron chi connectivity index (χ0n) is 14.3. The average molecular weight is 336 g/mol. The van der Waals surface area contributed by atoms with E-state index in [1.54, 1.807) is 24.5 Å². The maximum atomic E-state index is 13.0. The predicted octanol–water partition coefficient (Wildman–Crippen LogP) is 3.37. The predicted molar refractivity (Wildman–Crippen MR) is 96.0 cm³/mol. The number of likely N-dealkylation sites (tertiary alicyclic amines) is 1. The smallest absolute Gasteiger partial charge is 0.254 e. The average Bonchev–Trinajstić information content (AvgIpc) is 2.69. The molecule has 2 heterocycles. The molecule has 1 saturated carbocycles. The number of benzene rings is 1. The van der Waals surface area contributed by atoms with Gasteiger partial charge < -0.3 is 10.0 Å². The van der Waals surface area contributed by atoms with Gasteiger partial charge in [0.1, 0.15) is 0 Å². The highest BCUT2D eigenvalue weighted by Crippen LogP contribution is 2.47. The molecular weight excluding hydrogens is 312 g/mol. The molecule has 2 fully saturated rings. The van der Waals surface area contributed by atoms with Gasteiger partial charge in [-0.25, -0.2) is 0 Å². The Labute approximate surface area is 148 Å². The maximum Gasteiger partial charge on any atom is 0.254 e. The second-order valence-electron chi connectivity index (χ2n) is 7.23. The van der Waals surface area contributed by atoms with Crippen molar-refractivity contribution in [2.75, 3.05) is 6.54 Å². The Morgan fingerprint density at radius 1 is 1.08 bits per heavy atom. The first kappa shape index (κ1) is 16.3. The van der Waals surface area contributed by atoms with Gasteiger partial charge in [0.05, 0.1) is 5.60 Å². The molecule has 1 aromatic heterocycles. The Bertz CT molecular complexity index is 734. The van der Waals surface area contributed by atoms with Crippen molar-refractivity contribution in [1.82, 2.24) is 9.88 Å². The monoisotopic (exact) mass is 336 g/mol. The summed E-state index contributed by atoms with van der Waals surface area (Å²) in [4.78, 5) is 19.0. The Morgan fingerprint density at radius 2 is 1.80 bits per heavy atom. The molecule has 0 bridgehead atoms. The van der Waals surface area contributed by atoms with Crippen molar-refractivity contribution < 1.29 is 9.90 Å². The van der Waals surface area contributed by atoms with Crippen LogP contribution in [0, 0.1) is 5.92 Å². The van der Waals surface area contributed by atoms with Crippen molar-refractivity contribution >= 4 is 5.91 Å². The number of amides is 1. The number of nitrogens with zero attached hydrogens (tertiary/aromatic N) is 2. The first-order chi connectivity index (χ1) is 12.2. The zero-order chi connectivity index (χ0) is 17.3. The van der Waals surface area contributed by atoms with Gasteiger partial charge in [0.2, 0.25) is 0 Å². The van der Waals surface area contributed by atoms with Gasteiger partial charge in [-0.15, -0.1) is 0 Å². The minimum Gasteiger partial charge on any atom is -0.385 e. The van der Waals surface area contributed by atoms with E-state index in [9.17, 15) is 9.90 Å². The molecule has 1 amide bonds. The summed E-state index contributed by atoms with van der Waals surface area (Å²) < 4.78 is 0. The fourth-order valence-corrected chi connectivity index (χ4v) is 4.68. The Kier molecular flexibility index (Phi) is 4.30. The number of carbonyl (C=O) groups is 1. The van der Waals surface area contributed by atoms with E-state index in [0.717, 1.165) is 31.2 Å². The fourth-order valence-electron chi connectivity index (χ4n) is 4.68. The number of fused-ring (bicyclic) bond motifs is 1. The first-order valence-corrected chi connectivity index (χ1v) is 9.19. The molecule has 1 saturated heterocycles. The molecule has 4 heteroatoms. The Balaban J connectivity index is 1.66. The van der Waals surface area contributed by atoms with Crippen LogP contribution in [0.15, 0.2) is 54.9 Å². The van der Waals surface area contributed by atoms with E-state index >= 15 is 0 Å². The van der Waals surface area contributed by atoms with Crippen LogP contribution in [0.5, 0.6) is 0 Å². The van der Waals surface area contributed by atoms with Crippen LogP contribution < -0.4 is 0 Å². The second-order valence-corrected chi connectivity index (χ2v) is 7.23. The minimum absolute atomic E-state index is 0.0643. The summed E-state index contributed by atoms with van der Waals surface area (Å²) >= 11 is 0. The van der Waals surface area contributed by atoms with E-state index in [1.807, 2.05) is 35.2 Å². The first-order valence-electron chi connectivity index (χ1n) is 9.19. The lowest BCUT2D eigenvalue weighted by molar-refractivity contribution is -0.110. The molecule has 1 aromatic carbocycles. The highest BCUT2D eigenvalue weighted by Gasteiger charge is 2.50. The number of pyridine rings is 1. The fraction of sp³-hybridized carbons (Fsp3) is 0.429. The summed E-state index contributed by atoms with van der Waals surface area (Å²) in [6.45, 7) is 0.591. The molecule has 25 heavy (non-hydrogen) atoms. The molecule has 130 valence electrons. The number of hydrogen-bond donors (Lipinski definition) is 1. The van der Waals surface area contributed by atoms with Gasteiger partial charge in [-0.2, -0.15) is 0 Å². The number of rotatable bonds is 2. The number of carbonyl (C=O) groups excluding carboxylic acids is 1. The van der Waals surface area contributed by atoms with E-state index in [1.165, 1.54) is 0 Å². The molecule has 1 aliphatic carbocycles. The Morgan fingerprint density at radius 3 is 2.56 bits per heavy atom. The quantitative estimate of drug-likeness (QED) is 0.915. The molecule has 0 unspecified atom stereocenters. The van der Waals surface area contributed by atoms with Crippen molar-refractivity contribution in [2.24, 2.45) is 5.92 Å². The Hall–Kier alpha value is -2.20. The minimum atomic E-state index is -0.832. The van der Waals surface area contributed by atoms with Crippen LogP contribution in [0.1, 0.15) is 48.0 Å². The topological polar surface area (TPSA) is 53.4 Å². The molecule has 2 aliphatic rings. The van der Waals surface area contributed by atoms with Gasteiger partial charge >= 0.3 is 0 Å². The van der Waals surface area contributed by atoms with E-state index < -0.39 is 5.60 Å². The normalized spacial score (nSPS) is 29.1. The lowest BCUT2D eigenvalue weighted by Crippen LogP contribution is -2.58. The van der Waals surface area contributed by atoms with Crippen molar-refractivity contribution in [1.29, 1.82) is 0 Å². The van der Waals surface area contributed by atoms with Gasteiger partial charge in [-0.1, -0.05) is 43.2 Å². The third-order valence-corrected chi connectivity index (χ3v) is 5.94. The van der Waals surface area contributed by atoms with Gasteiger partial charge in [-0.05, 0) is 37.0 Å².